The molecule has 17 heavy (non-hydrogen) atoms. The molecule has 0 aliphatic rings. The predicted molar refractivity (Wildman–Crippen MR) is 67.4 cm³/mol. The van der Waals surface area contributed by atoms with E-state index in [1.165, 1.54) is 6.07 Å². The van der Waals surface area contributed by atoms with E-state index in [4.69, 9.17) is 11.6 Å². The Hall–Kier alpha value is -1.81. The Bertz CT molecular complexity index is 536. The number of nitrogens with one attached hydrogen (secondary N) is 1. The summed E-state index contributed by atoms with van der Waals surface area (Å²) in [5.74, 6) is -0.440. The van der Waals surface area contributed by atoms with Gasteiger partial charge in [-0.2, -0.15) is 5.10 Å². The topological polar surface area (TPSA) is 29.9 Å². The van der Waals surface area contributed by atoms with Crippen LogP contribution in [0.3, 0.4) is 0 Å². The molecule has 2 rings (SSSR count). The Balaban J connectivity index is 2.07. The molecule has 2 aromatic rings. The van der Waals surface area contributed by atoms with E-state index in [1.807, 2.05) is 6.20 Å². The fourth-order valence-corrected chi connectivity index (χ4v) is 1.58. The molecular weight excluding hydrogens is 241 g/mol. The smallest absolute Gasteiger partial charge is 0.164 e. The van der Waals surface area contributed by atoms with Crippen molar-refractivity contribution in [2.24, 2.45) is 0 Å². The lowest BCUT2D eigenvalue weighted by atomic mass is 10.3. The first-order valence-corrected chi connectivity index (χ1v) is 5.42. The number of rotatable bonds is 4. The molecule has 0 aliphatic heterocycles. The summed E-state index contributed by atoms with van der Waals surface area (Å²) in [6.07, 6.45) is 5.09. The first-order chi connectivity index (χ1) is 8.20. The summed E-state index contributed by atoms with van der Waals surface area (Å²) in [5.41, 5.74) is 1.31. The van der Waals surface area contributed by atoms with Crippen molar-refractivity contribution in [2.75, 3.05) is 5.32 Å². The molecule has 0 saturated heterocycles. The Labute approximate surface area is 104 Å². The molecule has 88 valence electrons. The zero-order valence-corrected chi connectivity index (χ0v) is 9.78. The van der Waals surface area contributed by atoms with E-state index in [9.17, 15) is 4.39 Å². The lowest BCUT2D eigenvalue weighted by Gasteiger charge is -2.06. The Morgan fingerprint density at radius 1 is 1.53 bits per heavy atom. The van der Waals surface area contributed by atoms with Crippen LogP contribution in [0, 0.1) is 5.82 Å². The molecule has 5 heteroatoms. The molecule has 0 atom stereocenters. The van der Waals surface area contributed by atoms with Crippen LogP contribution in [0.1, 0.15) is 5.56 Å². The minimum atomic E-state index is -0.440. The molecule has 3 nitrogen and oxygen atoms in total. The van der Waals surface area contributed by atoms with Crippen LogP contribution in [0.2, 0.25) is 5.02 Å². The van der Waals surface area contributed by atoms with Crippen LogP contribution in [-0.4, -0.2) is 9.78 Å². The minimum absolute atomic E-state index is 0.108. The fourth-order valence-electron chi connectivity index (χ4n) is 1.41. The number of halogens is 2. The average molecular weight is 252 g/mol. The van der Waals surface area contributed by atoms with Crippen molar-refractivity contribution in [1.82, 2.24) is 9.78 Å². The van der Waals surface area contributed by atoms with Gasteiger partial charge in [-0.25, -0.2) is 9.07 Å². The molecule has 1 aromatic carbocycles. The highest BCUT2D eigenvalue weighted by molar-refractivity contribution is 6.31. The third kappa shape index (κ3) is 2.65. The number of hydrogen-bond acceptors (Lipinski definition) is 2. The molecular formula is C12H11ClFN3. The number of aromatic nitrogens is 2. The van der Waals surface area contributed by atoms with Gasteiger partial charge in [-0.1, -0.05) is 24.2 Å². The van der Waals surface area contributed by atoms with Gasteiger partial charge >= 0.3 is 0 Å². The van der Waals surface area contributed by atoms with Crippen LogP contribution in [0.15, 0.2) is 37.2 Å². The van der Waals surface area contributed by atoms with Gasteiger partial charge in [-0.3, -0.25) is 0 Å². The Kier molecular flexibility index (Phi) is 3.44. The molecule has 0 spiro atoms. The molecule has 0 saturated carbocycles. The van der Waals surface area contributed by atoms with Crippen molar-refractivity contribution in [1.29, 1.82) is 0 Å². The fraction of sp³-hybridized carbons (Fsp3) is 0.0833. The van der Waals surface area contributed by atoms with E-state index in [2.05, 4.69) is 17.0 Å². The largest absolute Gasteiger partial charge is 0.378 e. The van der Waals surface area contributed by atoms with Crippen LogP contribution >= 0.6 is 11.6 Å². The number of anilines is 1. The molecule has 1 heterocycles. The summed E-state index contributed by atoms with van der Waals surface area (Å²) in [5, 5.41) is 7.09. The van der Waals surface area contributed by atoms with Gasteiger partial charge in [-0.15, -0.1) is 0 Å². The number of nitrogens with zero attached hydrogens (tertiary/aromatic N) is 2. The lowest BCUT2D eigenvalue weighted by Crippen LogP contribution is -2.00. The average Bonchev–Trinajstić information content (AvgIpc) is 2.79. The van der Waals surface area contributed by atoms with Gasteiger partial charge in [0.2, 0.25) is 0 Å². The third-order valence-electron chi connectivity index (χ3n) is 2.28. The summed E-state index contributed by atoms with van der Waals surface area (Å²) in [6, 6.07) is 4.85. The molecule has 0 aliphatic carbocycles. The summed E-state index contributed by atoms with van der Waals surface area (Å²) in [4.78, 5) is 0. The normalized spacial score (nSPS) is 10.2. The van der Waals surface area contributed by atoms with Gasteiger partial charge < -0.3 is 5.32 Å². The van der Waals surface area contributed by atoms with Gasteiger partial charge in [0.25, 0.3) is 0 Å². The van der Waals surface area contributed by atoms with Crippen LogP contribution in [0.5, 0.6) is 0 Å². The van der Waals surface area contributed by atoms with Crippen LogP contribution in [-0.2, 0) is 6.54 Å². The highest BCUT2D eigenvalue weighted by Crippen LogP contribution is 2.22. The van der Waals surface area contributed by atoms with Crippen molar-refractivity contribution < 1.29 is 4.39 Å². The monoisotopic (exact) mass is 251 g/mol. The second kappa shape index (κ2) is 5.01. The highest BCUT2D eigenvalue weighted by Gasteiger charge is 2.05. The van der Waals surface area contributed by atoms with Crippen LogP contribution in [0.25, 0.3) is 6.20 Å². The molecule has 0 radical (unpaired) electrons. The van der Waals surface area contributed by atoms with E-state index in [0.717, 1.165) is 5.56 Å². The highest BCUT2D eigenvalue weighted by atomic mass is 35.5. The Morgan fingerprint density at radius 2 is 2.35 bits per heavy atom. The van der Waals surface area contributed by atoms with Gasteiger partial charge in [0.1, 0.15) is 0 Å². The van der Waals surface area contributed by atoms with E-state index < -0.39 is 5.82 Å². The third-order valence-corrected chi connectivity index (χ3v) is 2.57. The second-order valence-electron chi connectivity index (χ2n) is 3.47. The minimum Gasteiger partial charge on any atom is -0.378 e. The summed E-state index contributed by atoms with van der Waals surface area (Å²) in [7, 11) is 0. The molecule has 1 N–H and O–H groups in total. The summed E-state index contributed by atoms with van der Waals surface area (Å²) >= 11 is 5.68. The predicted octanol–water partition coefficient (Wildman–Crippen LogP) is 3.39. The SMILES string of the molecule is C=Cn1cc(CNc2cccc(Cl)c2F)cn1. The molecule has 0 unspecified atom stereocenters. The lowest BCUT2D eigenvalue weighted by molar-refractivity contribution is 0.630. The molecule has 0 fully saturated rings. The number of hydrogen-bond donors (Lipinski definition) is 1. The van der Waals surface area contributed by atoms with Gasteiger partial charge in [0.05, 0.1) is 16.9 Å². The molecule has 0 bridgehead atoms. The first-order valence-electron chi connectivity index (χ1n) is 5.04. The van der Waals surface area contributed by atoms with Gasteiger partial charge in [-0.05, 0) is 12.1 Å². The standard InChI is InChI=1S/C12H11ClFN3/c1-2-17-8-9(7-16-17)6-15-11-5-3-4-10(13)12(11)14/h2-5,7-8,15H,1,6H2. The maximum Gasteiger partial charge on any atom is 0.164 e. The van der Waals surface area contributed by atoms with E-state index in [0.29, 0.717) is 12.2 Å². The maximum atomic E-state index is 13.5. The van der Waals surface area contributed by atoms with E-state index in [-0.39, 0.29) is 5.02 Å². The van der Waals surface area contributed by atoms with E-state index >= 15 is 0 Å². The zero-order chi connectivity index (χ0) is 12.3. The van der Waals surface area contributed by atoms with E-state index in [1.54, 1.807) is 29.2 Å². The Morgan fingerprint density at radius 3 is 3.06 bits per heavy atom. The zero-order valence-electron chi connectivity index (χ0n) is 9.03. The second-order valence-corrected chi connectivity index (χ2v) is 3.87. The van der Waals surface area contributed by atoms with Gasteiger partial charge in [0.15, 0.2) is 5.82 Å². The summed E-state index contributed by atoms with van der Waals surface area (Å²) in [6.45, 7) is 4.07. The van der Waals surface area contributed by atoms with Crippen LogP contribution < -0.4 is 5.32 Å². The van der Waals surface area contributed by atoms with Crippen molar-refractivity contribution in [3.63, 3.8) is 0 Å². The van der Waals surface area contributed by atoms with Crippen LogP contribution in [0.4, 0.5) is 10.1 Å². The number of benzene rings is 1. The molecule has 1 aromatic heterocycles. The van der Waals surface area contributed by atoms with Crippen molar-refractivity contribution in [3.05, 3.63) is 53.6 Å². The quantitative estimate of drug-likeness (QED) is 0.903. The first kappa shape index (κ1) is 11.7. The molecule has 0 amide bonds. The summed E-state index contributed by atoms with van der Waals surface area (Å²) < 4.78 is 15.1. The van der Waals surface area contributed by atoms with Crippen molar-refractivity contribution in [2.45, 2.75) is 6.54 Å². The van der Waals surface area contributed by atoms with Crippen molar-refractivity contribution in [3.8, 4) is 0 Å². The van der Waals surface area contributed by atoms with Gasteiger partial charge in [0, 0.05) is 24.5 Å². The van der Waals surface area contributed by atoms with Crippen molar-refractivity contribution >= 4 is 23.5 Å². The maximum absolute atomic E-state index is 13.5.